The van der Waals surface area contributed by atoms with E-state index in [0.717, 1.165) is 0 Å². The number of nitrogens with one attached hydrogen (secondary N) is 2. The topological polar surface area (TPSA) is 101 Å². The molecule has 1 unspecified atom stereocenters. The maximum atomic E-state index is 11.8. The Balaban J connectivity index is 2.69. The van der Waals surface area contributed by atoms with Gasteiger partial charge >= 0.3 is 0 Å². The lowest BCUT2D eigenvalue weighted by atomic mass is 10.1. The molecule has 108 valence electrons. The molecule has 0 spiro atoms. The Kier molecular flexibility index (Phi) is 5.98. The number of hydrogen-bond acceptors (Lipinski definition) is 5. The van der Waals surface area contributed by atoms with E-state index in [1.165, 1.54) is 13.0 Å². The highest BCUT2D eigenvalue weighted by molar-refractivity contribution is 7.80. The van der Waals surface area contributed by atoms with Crippen molar-refractivity contribution in [3.8, 4) is 0 Å². The van der Waals surface area contributed by atoms with Crippen molar-refractivity contribution in [1.29, 1.82) is 0 Å². The van der Waals surface area contributed by atoms with E-state index in [1.54, 1.807) is 18.2 Å². The van der Waals surface area contributed by atoms with Gasteiger partial charge in [0.15, 0.2) is 0 Å². The number of para-hydroxylation sites is 1. The maximum absolute atomic E-state index is 11.8. The van der Waals surface area contributed by atoms with Gasteiger partial charge in [0, 0.05) is 30.9 Å². The van der Waals surface area contributed by atoms with Crippen LogP contribution in [-0.2, 0) is 16.1 Å². The lowest BCUT2D eigenvalue weighted by Gasteiger charge is -2.15. The number of carbonyl (C=O) groups is 2. The molecule has 0 aliphatic carbocycles. The SMILES string of the molecule is CC(=O)NC(CS)C(=O)NCc1ccccc1[N+](=O)[O-]. The van der Waals surface area contributed by atoms with Gasteiger partial charge in [-0.3, -0.25) is 19.7 Å². The Morgan fingerprint density at radius 3 is 2.60 bits per heavy atom. The summed E-state index contributed by atoms with van der Waals surface area (Å²) in [5, 5.41) is 15.8. The summed E-state index contributed by atoms with van der Waals surface area (Å²) in [5.41, 5.74) is 0.335. The fraction of sp³-hybridized carbons (Fsp3) is 0.333. The number of amides is 2. The summed E-state index contributed by atoms with van der Waals surface area (Å²) in [6, 6.07) is 5.37. The highest BCUT2D eigenvalue weighted by atomic mass is 32.1. The summed E-state index contributed by atoms with van der Waals surface area (Å²) < 4.78 is 0. The largest absolute Gasteiger partial charge is 0.350 e. The zero-order chi connectivity index (χ0) is 15.1. The van der Waals surface area contributed by atoms with Crippen LogP contribution >= 0.6 is 12.6 Å². The average Bonchev–Trinajstić information content (AvgIpc) is 2.42. The molecular formula is C12H15N3O4S. The van der Waals surface area contributed by atoms with Gasteiger partial charge in [-0.2, -0.15) is 12.6 Å². The van der Waals surface area contributed by atoms with Gasteiger partial charge in [0.1, 0.15) is 6.04 Å². The molecule has 1 rings (SSSR count). The number of rotatable bonds is 6. The summed E-state index contributed by atoms with van der Waals surface area (Å²) in [6.45, 7) is 1.31. The van der Waals surface area contributed by atoms with Crippen LogP contribution in [-0.4, -0.2) is 28.5 Å². The number of hydrogen-bond donors (Lipinski definition) is 3. The minimum Gasteiger partial charge on any atom is -0.350 e. The van der Waals surface area contributed by atoms with Crippen LogP contribution in [0.5, 0.6) is 0 Å². The first-order chi connectivity index (χ1) is 9.45. The van der Waals surface area contributed by atoms with Gasteiger partial charge in [0.25, 0.3) is 5.69 Å². The number of nitro benzene ring substituents is 1. The van der Waals surface area contributed by atoms with Crippen molar-refractivity contribution >= 4 is 30.1 Å². The van der Waals surface area contributed by atoms with Crippen molar-refractivity contribution in [3.63, 3.8) is 0 Å². The van der Waals surface area contributed by atoms with E-state index in [4.69, 9.17) is 0 Å². The van der Waals surface area contributed by atoms with Crippen molar-refractivity contribution in [1.82, 2.24) is 10.6 Å². The molecule has 20 heavy (non-hydrogen) atoms. The van der Waals surface area contributed by atoms with Gasteiger partial charge in [-0.15, -0.1) is 0 Å². The van der Waals surface area contributed by atoms with Crippen molar-refractivity contribution in [3.05, 3.63) is 39.9 Å². The molecule has 0 saturated heterocycles. The molecule has 0 aliphatic rings. The van der Waals surface area contributed by atoms with E-state index in [-0.39, 0.29) is 23.9 Å². The molecule has 1 aromatic rings. The lowest BCUT2D eigenvalue weighted by molar-refractivity contribution is -0.385. The molecule has 0 saturated carbocycles. The van der Waals surface area contributed by atoms with Crippen LogP contribution in [0.15, 0.2) is 24.3 Å². The zero-order valence-corrected chi connectivity index (χ0v) is 11.7. The van der Waals surface area contributed by atoms with Crippen molar-refractivity contribution < 1.29 is 14.5 Å². The van der Waals surface area contributed by atoms with Crippen molar-refractivity contribution in [2.45, 2.75) is 19.5 Å². The molecule has 0 bridgehead atoms. The fourth-order valence-electron chi connectivity index (χ4n) is 1.58. The Labute approximate surface area is 121 Å². The second kappa shape index (κ2) is 7.49. The van der Waals surface area contributed by atoms with Crippen LogP contribution in [0.1, 0.15) is 12.5 Å². The number of benzene rings is 1. The number of nitrogens with zero attached hydrogens (tertiary/aromatic N) is 1. The highest BCUT2D eigenvalue weighted by Crippen LogP contribution is 2.17. The highest BCUT2D eigenvalue weighted by Gasteiger charge is 2.19. The zero-order valence-electron chi connectivity index (χ0n) is 10.8. The van der Waals surface area contributed by atoms with E-state index in [9.17, 15) is 19.7 Å². The van der Waals surface area contributed by atoms with Crippen LogP contribution in [0.3, 0.4) is 0 Å². The number of thiol groups is 1. The summed E-state index contributed by atoms with van der Waals surface area (Å²) in [5.74, 6) is -0.638. The molecule has 0 heterocycles. The average molecular weight is 297 g/mol. The summed E-state index contributed by atoms with van der Waals surface area (Å²) in [6.07, 6.45) is 0. The van der Waals surface area contributed by atoms with E-state index >= 15 is 0 Å². The second-order valence-electron chi connectivity index (χ2n) is 4.04. The van der Waals surface area contributed by atoms with Crippen molar-refractivity contribution in [2.24, 2.45) is 0 Å². The van der Waals surface area contributed by atoms with Gasteiger partial charge in [-0.25, -0.2) is 0 Å². The van der Waals surface area contributed by atoms with Crippen LogP contribution < -0.4 is 10.6 Å². The molecule has 2 N–H and O–H groups in total. The number of carbonyl (C=O) groups excluding carboxylic acids is 2. The van der Waals surface area contributed by atoms with E-state index in [2.05, 4.69) is 23.3 Å². The molecular weight excluding hydrogens is 282 g/mol. The second-order valence-corrected chi connectivity index (χ2v) is 4.40. The van der Waals surface area contributed by atoms with Gasteiger partial charge in [-0.05, 0) is 0 Å². The third-order valence-corrected chi connectivity index (χ3v) is 2.88. The van der Waals surface area contributed by atoms with Crippen molar-refractivity contribution in [2.75, 3.05) is 5.75 Å². The van der Waals surface area contributed by atoms with E-state index in [0.29, 0.717) is 5.56 Å². The summed E-state index contributed by atoms with van der Waals surface area (Å²) >= 11 is 3.98. The van der Waals surface area contributed by atoms with Crippen LogP contribution in [0.2, 0.25) is 0 Å². The molecule has 0 aliphatic heterocycles. The quantitative estimate of drug-likeness (QED) is 0.407. The Morgan fingerprint density at radius 1 is 1.40 bits per heavy atom. The fourth-order valence-corrected chi connectivity index (χ4v) is 1.84. The standard InChI is InChI=1S/C12H15N3O4S/c1-8(16)14-10(7-20)12(17)13-6-9-4-2-3-5-11(9)15(18)19/h2-5,10,20H,6-7H2,1H3,(H,13,17)(H,14,16). The first kappa shape index (κ1) is 16.0. The molecule has 1 aromatic carbocycles. The Bertz CT molecular complexity index is 521. The molecule has 1 atom stereocenters. The maximum Gasteiger partial charge on any atom is 0.274 e. The van der Waals surface area contributed by atoms with Crippen LogP contribution in [0.4, 0.5) is 5.69 Å². The minimum atomic E-state index is -0.765. The smallest absolute Gasteiger partial charge is 0.274 e. The first-order valence-corrected chi connectivity index (χ1v) is 6.47. The molecule has 0 radical (unpaired) electrons. The summed E-state index contributed by atoms with van der Waals surface area (Å²) in [4.78, 5) is 33.1. The summed E-state index contributed by atoms with van der Waals surface area (Å²) in [7, 11) is 0. The normalized spacial score (nSPS) is 11.5. The molecule has 7 nitrogen and oxygen atoms in total. The monoisotopic (exact) mass is 297 g/mol. The number of nitro groups is 1. The third-order valence-electron chi connectivity index (χ3n) is 2.52. The predicted molar refractivity (Wildman–Crippen MR) is 76.4 cm³/mol. The molecule has 8 heteroatoms. The molecule has 0 aromatic heterocycles. The lowest BCUT2D eigenvalue weighted by Crippen LogP contribution is -2.47. The molecule has 2 amide bonds. The van der Waals surface area contributed by atoms with Crippen LogP contribution in [0.25, 0.3) is 0 Å². The van der Waals surface area contributed by atoms with E-state index in [1.807, 2.05) is 0 Å². The van der Waals surface area contributed by atoms with E-state index < -0.39 is 16.9 Å². The van der Waals surface area contributed by atoms with Gasteiger partial charge in [0.2, 0.25) is 11.8 Å². The van der Waals surface area contributed by atoms with Gasteiger partial charge in [0.05, 0.1) is 4.92 Å². The Hall–Kier alpha value is -2.09. The minimum absolute atomic E-state index is 0.0137. The first-order valence-electron chi connectivity index (χ1n) is 5.83. The van der Waals surface area contributed by atoms with Gasteiger partial charge in [-0.1, -0.05) is 18.2 Å². The van der Waals surface area contributed by atoms with Gasteiger partial charge < -0.3 is 10.6 Å². The van der Waals surface area contributed by atoms with Crippen LogP contribution in [0, 0.1) is 10.1 Å². The Morgan fingerprint density at radius 2 is 2.05 bits per heavy atom. The third kappa shape index (κ3) is 4.54. The predicted octanol–water partition coefficient (Wildman–Crippen LogP) is 0.645. The molecule has 0 fully saturated rings.